The molecule has 0 saturated carbocycles. The lowest BCUT2D eigenvalue weighted by Gasteiger charge is -2.07. The molecule has 1 N–H and O–H groups in total. The third kappa shape index (κ3) is 2.69. The molecule has 2 aromatic carbocycles. The Balaban J connectivity index is 2.00. The number of fused-ring (bicyclic) bond motifs is 1. The summed E-state index contributed by atoms with van der Waals surface area (Å²) in [6, 6.07) is 16.1. The number of carboxylic acid groups (broad SMARTS) is 1. The third-order valence-corrected chi connectivity index (χ3v) is 3.15. The van der Waals surface area contributed by atoms with Crippen LogP contribution in [0.5, 0.6) is 11.6 Å². The molecule has 4 nitrogen and oxygen atoms in total. The van der Waals surface area contributed by atoms with Crippen molar-refractivity contribution >= 4 is 16.9 Å². The van der Waals surface area contributed by atoms with E-state index >= 15 is 0 Å². The minimum absolute atomic E-state index is 0.238. The molecular formula is C17H13NO3. The van der Waals surface area contributed by atoms with E-state index in [9.17, 15) is 4.79 Å². The SMILES string of the molecule is Cc1cccc(Oc2ccc3c(C(=O)O)cccc3n2)c1. The Hall–Kier alpha value is -2.88. The highest BCUT2D eigenvalue weighted by molar-refractivity contribution is 6.02. The van der Waals surface area contributed by atoms with Gasteiger partial charge in [-0.1, -0.05) is 18.2 Å². The Bertz CT molecular complexity index is 827. The van der Waals surface area contributed by atoms with Crippen molar-refractivity contribution in [1.29, 1.82) is 0 Å². The molecule has 0 radical (unpaired) electrons. The fourth-order valence-corrected chi connectivity index (χ4v) is 2.18. The van der Waals surface area contributed by atoms with Gasteiger partial charge in [0.05, 0.1) is 11.1 Å². The zero-order valence-corrected chi connectivity index (χ0v) is 11.4. The van der Waals surface area contributed by atoms with E-state index in [2.05, 4.69) is 4.98 Å². The summed E-state index contributed by atoms with van der Waals surface area (Å²) in [6.45, 7) is 1.99. The molecule has 1 heterocycles. The van der Waals surface area contributed by atoms with Gasteiger partial charge in [-0.15, -0.1) is 0 Å². The number of hydrogen-bond acceptors (Lipinski definition) is 3. The quantitative estimate of drug-likeness (QED) is 0.786. The molecule has 1 aromatic heterocycles. The maximum Gasteiger partial charge on any atom is 0.336 e. The summed E-state index contributed by atoms with van der Waals surface area (Å²) in [5.41, 5.74) is 1.93. The molecule has 0 aliphatic carbocycles. The molecule has 3 aromatic rings. The van der Waals surface area contributed by atoms with Gasteiger partial charge in [0.25, 0.3) is 0 Å². The molecule has 0 aliphatic heterocycles. The van der Waals surface area contributed by atoms with E-state index in [0.717, 1.165) is 5.56 Å². The van der Waals surface area contributed by atoms with Crippen molar-refractivity contribution in [2.75, 3.05) is 0 Å². The van der Waals surface area contributed by atoms with E-state index in [1.165, 1.54) is 0 Å². The number of aromatic carboxylic acids is 1. The zero-order valence-electron chi connectivity index (χ0n) is 11.4. The van der Waals surface area contributed by atoms with Gasteiger partial charge in [0.2, 0.25) is 5.88 Å². The van der Waals surface area contributed by atoms with Gasteiger partial charge in [0, 0.05) is 11.5 Å². The molecule has 4 heteroatoms. The van der Waals surface area contributed by atoms with Crippen molar-refractivity contribution in [2.24, 2.45) is 0 Å². The minimum atomic E-state index is -0.963. The van der Waals surface area contributed by atoms with Crippen LogP contribution in [0.15, 0.2) is 54.6 Å². The predicted octanol–water partition coefficient (Wildman–Crippen LogP) is 4.03. The largest absolute Gasteiger partial charge is 0.478 e. The molecule has 0 bridgehead atoms. The number of rotatable bonds is 3. The molecule has 0 saturated heterocycles. The van der Waals surface area contributed by atoms with Crippen LogP contribution >= 0.6 is 0 Å². The first-order valence-electron chi connectivity index (χ1n) is 6.51. The number of aromatic nitrogens is 1. The summed E-state index contributed by atoms with van der Waals surface area (Å²) in [7, 11) is 0. The van der Waals surface area contributed by atoms with Crippen molar-refractivity contribution in [3.05, 3.63) is 65.7 Å². The number of ether oxygens (including phenoxy) is 1. The van der Waals surface area contributed by atoms with Crippen LogP contribution in [-0.2, 0) is 0 Å². The Morgan fingerprint density at radius 1 is 1.10 bits per heavy atom. The van der Waals surface area contributed by atoms with Crippen molar-refractivity contribution in [3.8, 4) is 11.6 Å². The van der Waals surface area contributed by atoms with E-state index in [1.807, 2.05) is 31.2 Å². The molecule has 0 spiro atoms. The predicted molar refractivity (Wildman–Crippen MR) is 80.0 cm³/mol. The monoisotopic (exact) mass is 279 g/mol. The summed E-state index contributed by atoms with van der Waals surface area (Å²) in [6.07, 6.45) is 0. The summed E-state index contributed by atoms with van der Waals surface area (Å²) in [5.74, 6) is 0.182. The van der Waals surface area contributed by atoms with Crippen LogP contribution in [0.2, 0.25) is 0 Å². The van der Waals surface area contributed by atoms with Gasteiger partial charge in [-0.3, -0.25) is 0 Å². The fraction of sp³-hybridized carbons (Fsp3) is 0.0588. The highest BCUT2D eigenvalue weighted by Gasteiger charge is 2.09. The average Bonchev–Trinajstić information content (AvgIpc) is 2.46. The highest BCUT2D eigenvalue weighted by atomic mass is 16.5. The Morgan fingerprint density at radius 2 is 1.90 bits per heavy atom. The minimum Gasteiger partial charge on any atom is -0.478 e. The highest BCUT2D eigenvalue weighted by Crippen LogP contribution is 2.24. The molecule has 3 rings (SSSR count). The standard InChI is InChI=1S/C17H13NO3/c1-11-4-2-5-12(10-11)21-16-9-8-13-14(17(19)20)6-3-7-15(13)18-16/h2-10H,1H3,(H,19,20). The lowest BCUT2D eigenvalue weighted by atomic mass is 10.1. The Kier molecular flexibility index (Phi) is 3.28. The summed E-state index contributed by atoms with van der Waals surface area (Å²) in [5, 5.41) is 9.76. The van der Waals surface area contributed by atoms with E-state index in [1.54, 1.807) is 30.3 Å². The number of pyridine rings is 1. The number of carboxylic acids is 1. The van der Waals surface area contributed by atoms with Gasteiger partial charge in [0.15, 0.2) is 0 Å². The lowest BCUT2D eigenvalue weighted by Crippen LogP contribution is -1.98. The number of aryl methyl sites for hydroxylation is 1. The van der Waals surface area contributed by atoms with Crippen LogP contribution in [0.3, 0.4) is 0 Å². The fourth-order valence-electron chi connectivity index (χ4n) is 2.18. The van der Waals surface area contributed by atoms with E-state index in [4.69, 9.17) is 9.84 Å². The summed E-state index contributed by atoms with van der Waals surface area (Å²) >= 11 is 0. The van der Waals surface area contributed by atoms with E-state index < -0.39 is 5.97 Å². The van der Waals surface area contributed by atoms with Gasteiger partial charge in [-0.05, 0) is 42.8 Å². The molecule has 21 heavy (non-hydrogen) atoms. The number of benzene rings is 2. The lowest BCUT2D eigenvalue weighted by molar-refractivity contribution is 0.0699. The first kappa shape index (κ1) is 13.1. The molecule has 0 aliphatic rings. The van der Waals surface area contributed by atoms with Crippen molar-refractivity contribution in [3.63, 3.8) is 0 Å². The van der Waals surface area contributed by atoms with Gasteiger partial charge < -0.3 is 9.84 Å². The molecule has 0 amide bonds. The van der Waals surface area contributed by atoms with Crippen LogP contribution in [-0.4, -0.2) is 16.1 Å². The van der Waals surface area contributed by atoms with Crippen LogP contribution in [0.4, 0.5) is 0 Å². The number of hydrogen-bond donors (Lipinski definition) is 1. The second-order valence-corrected chi connectivity index (χ2v) is 4.75. The molecule has 104 valence electrons. The second-order valence-electron chi connectivity index (χ2n) is 4.75. The molecule has 0 unspecified atom stereocenters. The van der Waals surface area contributed by atoms with Crippen LogP contribution in [0, 0.1) is 6.92 Å². The third-order valence-electron chi connectivity index (χ3n) is 3.15. The first-order valence-corrected chi connectivity index (χ1v) is 6.51. The molecular weight excluding hydrogens is 266 g/mol. The van der Waals surface area contributed by atoms with Gasteiger partial charge in [0.1, 0.15) is 5.75 Å². The van der Waals surface area contributed by atoms with Gasteiger partial charge in [-0.2, -0.15) is 0 Å². The molecule has 0 atom stereocenters. The van der Waals surface area contributed by atoms with Crippen LogP contribution in [0.1, 0.15) is 15.9 Å². The van der Waals surface area contributed by atoms with Gasteiger partial charge >= 0.3 is 5.97 Å². The smallest absolute Gasteiger partial charge is 0.336 e. The average molecular weight is 279 g/mol. The van der Waals surface area contributed by atoms with Crippen molar-refractivity contribution in [2.45, 2.75) is 6.92 Å². The molecule has 0 fully saturated rings. The number of nitrogens with zero attached hydrogens (tertiary/aromatic N) is 1. The topological polar surface area (TPSA) is 59.4 Å². The Morgan fingerprint density at radius 3 is 2.67 bits per heavy atom. The Labute approximate surface area is 121 Å². The van der Waals surface area contributed by atoms with Crippen LogP contribution < -0.4 is 4.74 Å². The van der Waals surface area contributed by atoms with E-state index in [-0.39, 0.29) is 5.56 Å². The van der Waals surface area contributed by atoms with E-state index in [0.29, 0.717) is 22.5 Å². The van der Waals surface area contributed by atoms with Crippen molar-refractivity contribution < 1.29 is 14.6 Å². The number of carbonyl (C=O) groups is 1. The van der Waals surface area contributed by atoms with Crippen LogP contribution in [0.25, 0.3) is 10.9 Å². The summed E-state index contributed by atoms with van der Waals surface area (Å²) < 4.78 is 5.71. The normalized spacial score (nSPS) is 10.5. The second kappa shape index (κ2) is 5.25. The zero-order chi connectivity index (χ0) is 14.8. The maximum atomic E-state index is 11.2. The van der Waals surface area contributed by atoms with Crippen molar-refractivity contribution in [1.82, 2.24) is 4.98 Å². The summed E-state index contributed by atoms with van der Waals surface area (Å²) in [4.78, 5) is 15.5. The first-order chi connectivity index (χ1) is 10.1. The maximum absolute atomic E-state index is 11.2. The van der Waals surface area contributed by atoms with Gasteiger partial charge in [-0.25, -0.2) is 9.78 Å².